The minimum atomic E-state index is -0.542. The molecule has 0 fully saturated rings. The van der Waals surface area contributed by atoms with Crippen molar-refractivity contribution in [3.63, 3.8) is 0 Å². The van der Waals surface area contributed by atoms with Crippen molar-refractivity contribution in [2.24, 2.45) is 14.1 Å². The molecule has 0 radical (unpaired) electrons. The van der Waals surface area contributed by atoms with E-state index in [9.17, 15) is 19.6 Å². The van der Waals surface area contributed by atoms with Crippen LogP contribution < -0.4 is 16.1 Å². The van der Waals surface area contributed by atoms with Crippen LogP contribution in [0.1, 0.15) is 0 Å². The number of hydrogen-bond acceptors (Lipinski definition) is 7. The first kappa shape index (κ1) is 18.8. The number of ketones is 1. The molecule has 0 saturated carbocycles. The number of nitriles is 1. The van der Waals surface area contributed by atoms with E-state index in [2.05, 4.69) is 4.98 Å². The lowest BCUT2D eigenvalue weighted by atomic mass is 10.2. The van der Waals surface area contributed by atoms with Crippen molar-refractivity contribution in [3.8, 4) is 6.07 Å². The number of thioether (sulfide) groups is 1. The number of benzene rings is 1. The van der Waals surface area contributed by atoms with Gasteiger partial charge in [-0.2, -0.15) is 5.26 Å². The number of Topliss-reactive ketones (excluding diaryl/α,β-unsaturated/α-hetero) is 1. The number of anilines is 1. The molecule has 10 heteroatoms. The first-order chi connectivity index (χ1) is 13.8. The summed E-state index contributed by atoms with van der Waals surface area (Å²) in [6.07, 6.45) is 1.34. The van der Waals surface area contributed by atoms with Gasteiger partial charge >= 0.3 is 5.69 Å². The highest BCUT2D eigenvalue weighted by Crippen LogP contribution is 2.46. The number of aromatic nitrogens is 4. The van der Waals surface area contributed by atoms with Crippen LogP contribution in [0, 0.1) is 11.3 Å². The lowest BCUT2D eigenvalue weighted by molar-refractivity contribution is -0.115. The highest BCUT2D eigenvalue weighted by Gasteiger charge is 2.28. The molecule has 1 aliphatic heterocycles. The Labute approximate surface area is 169 Å². The van der Waals surface area contributed by atoms with Gasteiger partial charge in [0.15, 0.2) is 16.9 Å². The zero-order valence-corrected chi connectivity index (χ0v) is 16.7. The average Bonchev–Trinajstić information content (AvgIpc) is 3.27. The van der Waals surface area contributed by atoms with Gasteiger partial charge in [0.1, 0.15) is 16.7 Å². The second kappa shape index (κ2) is 6.79. The van der Waals surface area contributed by atoms with Crippen molar-refractivity contribution in [3.05, 3.63) is 62.0 Å². The highest BCUT2D eigenvalue weighted by atomic mass is 32.2. The second-order valence-corrected chi connectivity index (χ2v) is 7.63. The number of imidazole rings is 1. The SMILES string of the molecule is CN1/C(=C(\C#N)C(=O)Cn2cnc3c2c(=O)n(C)c(=O)n3C)Sc2ccccc21. The second-order valence-electron chi connectivity index (χ2n) is 6.59. The van der Waals surface area contributed by atoms with E-state index in [0.29, 0.717) is 5.03 Å². The third-order valence-electron chi connectivity index (χ3n) is 4.87. The van der Waals surface area contributed by atoms with E-state index >= 15 is 0 Å². The van der Waals surface area contributed by atoms with Crippen molar-refractivity contribution in [1.29, 1.82) is 5.26 Å². The molecule has 0 amide bonds. The maximum Gasteiger partial charge on any atom is 0.332 e. The van der Waals surface area contributed by atoms with Crippen molar-refractivity contribution in [1.82, 2.24) is 18.7 Å². The van der Waals surface area contributed by atoms with Gasteiger partial charge in [-0.3, -0.25) is 18.7 Å². The Morgan fingerprint density at radius 3 is 2.59 bits per heavy atom. The minimum absolute atomic E-state index is 0.0113. The van der Waals surface area contributed by atoms with Gasteiger partial charge in [0.05, 0.1) is 18.6 Å². The third kappa shape index (κ3) is 2.78. The number of hydrogen-bond donors (Lipinski definition) is 0. The maximum atomic E-state index is 13.0. The van der Waals surface area contributed by atoms with E-state index in [4.69, 9.17) is 0 Å². The van der Waals surface area contributed by atoms with Crippen LogP contribution in [0.5, 0.6) is 0 Å². The molecule has 4 rings (SSSR count). The van der Waals surface area contributed by atoms with E-state index in [1.165, 1.54) is 41.3 Å². The topological polar surface area (TPSA) is 106 Å². The lowest BCUT2D eigenvalue weighted by Gasteiger charge is -2.15. The number of allylic oxidation sites excluding steroid dienone is 1. The van der Waals surface area contributed by atoms with Gasteiger partial charge in [0.25, 0.3) is 5.56 Å². The van der Waals surface area contributed by atoms with E-state index in [0.717, 1.165) is 15.1 Å². The Morgan fingerprint density at radius 1 is 1.17 bits per heavy atom. The van der Waals surface area contributed by atoms with E-state index in [1.807, 2.05) is 35.2 Å². The first-order valence-corrected chi connectivity index (χ1v) is 9.45. The molecule has 1 aromatic carbocycles. The molecule has 0 N–H and O–H groups in total. The van der Waals surface area contributed by atoms with Gasteiger partial charge in [-0.15, -0.1) is 0 Å². The predicted molar refractivity (Wildman–Crippen MR) is 109 cm³/mol. The van der Waals surface area contributed by atoms with Gasteiger partial charge in [-0.05, 0) is 12.1 Å². The number of para-hydroxylation sites is 1. The molecule has 0 bridgehead atoms. The van der Waals surface area contributed by atoms with Gasteiger partial charge in [-0.25, -0.2) is 9.78 Å². The van der Waals surface area contributed by atoms with Crippen LogP contribution in [-0.2, 0) is 25.4 Å². The molecule has 0 unspecified atom stereocenters. The summed E-state index contributed by atoms with van der Waals surface area (Å²) in [7, 11) is 4.68. The summed E-state index contributed by atoms with van der Waals surface area (Å²) < 4.78 is 3.59. The number of fused-ring (bicyclic) bond motifs is 2. The summed E-state index contributed by atoms with van der Waals surface area (Å²) in [6, 6.07) is 9.65. The molecule has 3 aromatic rings. The Bertz CT molecular complexity index is 1370. The smallest absolute Gasteiger partial charge is 0.332 e. The first-order valence-electron chi connectivity index (χ1n) is 8.64. The highest BCUT2D eigenvalue weighted by molar-refractivity contribution is 8.03. The normalized spacial score (nSPS) is 14.8. The van der Waals surface area contributed by atoms with Crippen LogP contribution in [-0.4, -0.2) is 31.5 Å². The summed E-state index contributed by atoms with van der Waals surface area (Å²) in [6.45, 7) is -0.235. The Kier molecular flexibility index (Phi) is 4.39. The van der Waals surface area contributed by atoms with Gasteiger partial charge in [0.2, 0.25) is 0 Å². The van der Waals surface area contributed by atoms with Gasteiger partial charge < -0.3 is 9.47 Å². The summed E-state index contributed by atoms with van der Waals surface area (Å²) in [4.78, 5) is 44.5. The lowest BCUT2D eigenvalue weighted by Crippen LogP contribution is -2.37. The molecule has 0 spiro atoms. The number of carbonyl (C=O) groups excluding carboxylic acids is 1. The van der Waals surface area contributed by atoms with E-state index < -0.39 is 17.0 Å². The fraction of sp³-hybridized carbons (Fsp3) is 0.211. The molecule has 1 aliphatic rings. The fourth-order valence-electron chi connectivity index (χ4n) is 3.30. The number of nitrogens with zero attached hydrogens (tertiary/aromatic N) is 6. The number of rotatable bonds is 3. The van der Waals surface area contributed by atoms with Crippen LogP contribution in [0.2, 0.25) is 0 Å². The van der Waals surface area contributed by atoms with Crippen molar-refractivity contribution < 1.29 is 4.79 Å². The molecular weight excluding hydrogens is 392 g/mol. The van der Waals surface area contributed by atoms with Crippen molar-refractivity contribution in [2.45, 2.75) is 11.4 Å². The average molecular weight is 408 g/mol. The van der Waals surface area contributed by atoms with E-state index in [-0.39, 0.29) is 23.3 Å². The molecule has 2 aromatic heterocycles. The molecule has 9 nitrogen and oxygen atoms in total. The van der Waals surface area contributed by atoms with Crippen LogP contribution in [0.25, 0.3) is 11.2 Å². The zero-order chi connectivity index (χ0) is 20.9. The zero-order valence-electron chi connectivity index (χ0n) is 15.9. The van der Waals surface area contributed by atoms with Crippen LogP contribution in [0.15, 0.2) is 55.7 Å². The monoisotopic (exact) mass is 408 g/mol. The summed E-state index contributed by atoms with van der Waals surface area (Å²) in [5, 5.41) is 10.2. The van der Waals surface area contributed by atoms with Crippen molar-refractivity contribution in [2.75, 3.05) is 11.9 Å². The van der Waals surface area contributed by atoms with Crippen molar-refractivity contribution >= 4 is 34.4 Å². The number of aryl methyl sites for hydroxylation is 1. The van der Waals surface area contributed by atoms with E-state index in [1.54, 1.807) is 7.05 Å². The third-order valence-corrected chi connectivity index (χ3v) is 6.11. The largest absolute Gasteiger partial charge is 0.337 e. The summed E-state index contributed by atoms with van der Waals surface area (Å²) in [5.41, 5.74) is 0.222. The summed E-state index contributed by atoms with van der Waals surface area (Å²) >= 11 is 1.36. The molecule has 146 valence electrons. The molecule has 0 atom stereocenters. The van der Waals surface area contributed by atoms with Gasteiger partial charge in [-0.1, -0.05) is 23.9 Å². The quantitative estimate of drug-likeness (QED) is 0.470. The van der Waals surface area contributed by atoms with Crippen LogP contribution in [0.3, 0.4) is 0 Å². The van der Waals surface area contributed by atoms with Crippen LogP contribution >= 0.6 is 11.8 Å². The number of carbonyl (C=O) groups is 1. The molecule has 3 heterocycles. The standard InChI is InChI=1S/C19H16N6O3S/c1-22-12-6-4-5-7-14(12)29-18(22)11(8-20)13(26)9-25-10-21-16-15(25)17(27)24(3)19(28)23(16)2/h4-7,10H,9H2,1-3H3/b18-11-. The van der Waals surface area contributed by atoms with Crippen LogP contribution in [0.4, 0.5) is 5.69 Å². The minimum Gasteiger partial charge on any atom is -0.337 e. The molecule has 29 heavy (non-hydrogen) atoms. The molecular formula is C19H16N6O3S. The Morgan fingerprint density at radius 2 is 1.90 bits per heavy atom. The maximum absolute atomic E-state index is 13.0. The summed E-state index contributed by atoms with van der Waals surface area (Å²) in [5.74, 6) is -0.440. The Balaban J connectivity index is 1.76. The fourth-order valence-corrected chi connectivity index (χ4v) is 4.46. The van der Waals surface area contributed by atoms with Gasteiger partial charge in [0, 0.05) is 26.0 Å². The molecule has 0 aliphatic carbocycles. The molecule has 0 saturated heterocycles. The Hall–Kier alpha value is -3.58. The predicted octanol–water partition coefficient (Wildman–Crippen LogP) is 0.980.